The van der Waals surface area contributed by atoms with E-state index in [0.29, 0.717) is 0 Å². The third-order valence-corrected chi connectivity index (χ3v) is 3.54. The van der Waals surface area contributed by atoms with E-state index >= 15 is 0 Å². The summed E-state index contributed by atoms with van der Waals surface area (Å²) in [6.07, 6.45) is 6.06. The molecule has 0 spiro atoms. The average molecular weight is 235 g/mol. The lowest BCUT2D eigenvalue weighted by Gasteiger charge is -2.30. The summed E-state index contributed by atoms with van der Waals surface area (Å²) in [4.78, 5) is 8.06. The van der Waals surface area contributed by atoms with Gasteiger partial charge in [0.1, 0.15) is 6.33 Å². The lowest BCUT2D eigenvalue weighted by atomic mass is 9.80. The minimum absolute atomic E-state index is 0.0759. The summed E-state index contributed by atoms with van der Waals surface area (Å²) in [6.45, 7) is 8.44. The fourth-order valence-corrected chi connectivity index (χ4v) is 2.88. The van der Waals surface area contributed by atoms with E-state index in [1.807, 2.05) is 0 Å². The zero-order valence-corrected chi connectivity index (χ0v) is 11.0. The molecule has 4 heteroatoms. The van der Waals surface area contributed by atoms with Gasteiger partial charge in [0.15, 0.2) is 0 Å². The lowest BCUT2D eigenvalue weighted by molar-refractivity contribution is -0.0767. The summed E-state index contributed by atoms with van der Waals surface area (Å²) in [5.41, 5.74) is 7.00. The summed E-state index contributed by atoms with van der Waals surface area (Å²) in [5.74, 6) is 0.281. The molecule has 17 heavy (non-hydrogen) atoms. The van der Waals surface area contributed by atoms with Crippen LogP contribution in [0.15, 0.2) is 18.7 Å². The molecule has 94 valence electrons. The van der Waals surface area contributed by atoms with E-state index < -0.39 is 0 Å². The molecule has 0 bridgehead atoms. The van der Waals surface area contributed by atoms with Crippen LogP contribution in [0.1, 0.15) is 45.7 Å². The molecule has 2 atom stereocenters. The van der Waals surface area contributed by atoms with Crippen molar-refractivity contribution in [1.29, 1.82) is 0 Å². The van der Waals surface area contributed by atoms with E-state index in [-0.39, 0.29) is 23.2 Å². The third-order valence-electron chi connectivity index (χ3n) is 3.54. The highest BCUT2D eigenvalue weighted by Crippen LogP contribution is 2.46. The van der Waals surface area contributed by atoms with Gasteiger partial charge < -0.3 is 10.5 Å². The van der Waals surface area contributed by atoms with Crippen molar-refractivity contribution in [2.24, 2.45) is 11.7 Å². The van der Waals surface area contributed by atoms with Crippen LogP contribution < -0.4 is 5.73 Å². The Morgan fingerprint density at radius 3 is 2.35 bits per heavy atom. The van der Waals surface area contributed by atoms with Gasteiger partial charge in [0, 0.05) is 29.9 Å². The summed E-state index contributed by atoms with van der Waals surface area (Å²) < 4.78 is 6.07. The zero-order chi connectivity index (χ0) is 12.7. The largest absolute Gasteiger partial charge is 0.369 e. The first-order valence-electron chi connectivity index (χ1n) is 6.02. The van der Waals surface area contributed by atoms with E-state index in [1.54, 1.807) is 12.4 Å². The molecule has 4 nitrogen and oxygen atoms in total. The molecule has 1 aromatic rings. The summed E-state index contributed by atoms with van der Waals surface area (Å²) >= 11 is 0. The molecule has 1 aliphatic heterocycles. The van der Waals surface area contributed by atoms with Crippen LogP contribution in [0.2, 0.25) is 0 Å². The van der Waals surface area contributed by atoms with Gasteiger partial charge in [0.2, 0.25) is 0 Å². The van der Waals surface area contributed by atoms with Gasteiger partial charge in [-0.15, -0.1) is 0 Å². The summed E-state index contributed by atoms with van der Waals surface area (Å²) in [5, 5.41) is 0. The van der Waals surface area contributed by atoms with E-state index in [2.05, 4.69) is 37.7 Å². The van der Waals surface area contributed by atoms with Gasteiger partial charge in [0.05, 0.1) is 11.2 Å². The Morgan fingerprint density at radius 1 is 1.29 bits per heavy atom. The standard InChI is InChI=1S/C13H21N3O/c1-12(2)5-10(13(3,4)17-12)11(14)9-6-15-8-16-7-9/h6-8,10-11H,5,14H2,1-4H3. The van der Waals surface area contributed by atoms with E-state index in [4.69, 9.17) is 10.5 Å². The molecular weight excluding hydrogens is 214 g/mol. The number of ether oxygens (including phenoxy) is 1. The van der Waals surface area contributed by atoms with Crippen LogP contribution in [0.4, 0.5) is 0 Å². The number of hydrogen-bond acceptors (Lipinski definition) is 4. The average Bonchev–Trinajstić information content (AvgIpc) is 2.47. The normalized spacial score (nSPS) is 27.9. The van der Waals surface area contributed by atoms with Crippen molar-refractivity contribution in [1.82, 2.24) is 9.97 Å². The topological polar surface area (TPSA) is 61.0 Å². The molecule has 1 aromatic heterocycles. The molecule has 0 saturated carbocycles. The van der Waals surface area contributed by atoms with E-state index in [0.717, 1.165) is 12.0 Å². The van der Waals surface area contributed by atoms with Gasteiger partial charge in [-0.1, -0.05) is 0 Å². The summed E-state index contributed by atoms with van der Waals surface area (Å²) in [7, 11) is 0. The number of nitrogens with zero attached hydrogens (tertiary/aromatic N) is 2. The van der Waals surface area contributed by atoms with Crippen LogP contribution in [0.5, 0.6) is 0 Å². The van der Waals surface area contributed by atoms with Crippen LogP contribution in [-0.2, 0) is 4.74 Å². The van der Waals surface area contributed by atoms with E-state index in [1.165, 1.54) is 6.33 Å². The summed E-state index contributed by atoms with van der Waals surface area (Å²) in [6, 6.07) is -0.0759. The van der Waals surface area contributed by atoms with Crippen LogP contribution >= 0.6 is 0 Å². The van der Waals surface area contributed by atoms with Crippen molar-refractivity contribution in [2.75, 3.05) is 0 Å². The van der Waals surface area contributed by atoms with Gasteiger partial charge >= 0.3 is 0 Å². The highest BCUT2D eigenvalue weighted by molar-refractivity contribution is 5.14. The van der Waals surface area contributed by atoms with Crippen LogP contribution in [0, 0.1) is 5.92 Å². The maximum atomic E-state index is 6.34. The van der Waals surface area contributed by atoms with Crippen molar-refractivity contribution >= 4 is 0 Å². The lowest BCUT2D eigenvalue weighted by Crippen LogP contribution is -2.35. The highest BCUT2D eigenvalue weighted by Gasteiger charge is 2.48. The second-order valence-corrected chi connectivity index (χ2v) is 5.97. The smallest absolute Gasteiger partial charge is 0.115 e. The van der Waals surface area contributed by atoms with Gasteiger partial charge in [-0.05, 0) is 34.1 Å². The second-order valence-electron chi connectivity index (χ2n) is 5.97. The molecule has 2 rings (SSSR count). The maximum Gasteiger partial charge on any atom is 0.115 e. The van der Waals surface area contributed by atoms with Crippen molar-refractivity contribution in [3.05, 3.63) is 24.3 Å². The van der Waals surface area contributed by atoms with Gasteiger partial charge in [-0.25, -0.2) is 9.97 Å². The van der Waals surface area contributed by atoms with Crippen LogP contribution in [0.3, 0.4) is 0 Å². The Kier molecular flexibility index (Phi) is 2.96. The SMILES string of the molecule is CC1(C)CC(C(N)c2cncnc2)C(C)(C)O1. The van der Waals surface area contributed by atoms with E-state index in [9.17, 15) is 0 Å². The van der Waals surface area contributed by atoms with Crippen LogP contribution in [-0.4, -0.2) is 21.2 Å². The molecule has 0 aliphatic carbocycles. The van der Waals surface area contributed by atoms with Crippen LogP contribution in [0.25, 0.3) is 0 Å². The fourth-order valence-electron chi connectivity index (χ4n) is 2.88. The predicted molar refractivity (Wildman–Crippen MR) is 66.3 cm³/mol. The molecule has 0 amide bonds. The Bertz CT molecular complexity index is 389. The molecule has 0 aromatic carbocycles. The number of nitrogens with two attached hydrogens (primary N) is 1. The molecule has 1 aliphatic rings. The maximum absolute atomic E-state index is 6.34. The zero-order valence-electron chi connectivity index (χ0n) is 11.0. The van der Waals surface area contributed by atoms with Crippen molar-refractivity contribution in [2.45, 2.75) is 51.4 Å². The van der Waals surface area contributed by atoms with Gasteiger partial charge in [-0.2, -0.15) is 0 Å². The monoisotopic (exact) mass is 235 g/mol. The first-order chi connectivity index (χ1) is 7.82. The minimum Gasteiger partial charge on any atom is -0.369 e. The molecular formula is C13H21N3O. The number of rotatable bonds is 2. The van der Waals surface area contributed by atoms with Crippen molar-refractivity contribution in [3.8, 4) is 0 Å². The Morgan fingerprint density at radius 2 is 1.88 bits per heavy atom. The third kappa shape index (κ3) is 2.48. The predicted octanol–water partition coefficient (Wildman–Crippen LogP) is 2.07. The molecule has 2 unspecified atom stereocenters. The first kappa shape index (κ1) is 12.5. The number of aromatic nitrogens is 2. The van der Waals surface area contributed by atoms with Gasteiger partial charge in [0.25, 0.3) is 0 Å². The quantitative estimate of drug-likeness (QED) is 0.852. The second kappa shape index (κ2) is 4.03. The Labute approximate surface area is 103 Å². The molecule has 2 heterocycles. The first-order valence-corrected chi connectivity index (χ1v) is 6.02. The molecule has 1 fully saturated rings. The highest BCUT2D eigenvalue weighted by atomic mass is 16.5. The minimum atomic E-state index is -0.210. The molecule has 2 N–H and O–H groups in total. The number of hydrogen-bond donors (Lipinski definition) is 1. The Balaban J connectivity index is 2.23. The van der Waals surface area contributed by atoms with Crippen molar-refractivity contribution in [3.63, 3.8) is 0 Å². The Hall–Kier alpha value is -1.00. The molecule has 0 radical (unpaired) electrons. The fraction of sp³-hybridized carbons (Fsp3) is 0.692. The molecule has 1 saturated heterocycles. The van der Waals surface area contributed by atoms with Gasteiger partial charge in [-0.3, -0.25) is 0 Å². The van der Waals surface area contributed by atoms with Crippen molar-refractivity contribution < 1.29 is 4.74 Å².